The Morgan fingerprint density at radius 3 is 2.55 bits per heavy atom. The molecule has 0 bridgehead atoms. The third kappa shape index (κ3) is 1.95. The molecule has 0 aliphatic rings. The van der Waals surface area contributed by atoms with E-state index in [1.807, 2.05) is 0 Å². The molecule has 1 aromatic rings. The van der Waals surface area contributed by atoms with Crippen molar-refractivity contribution in [2.24, 2.45) is 5.14 Å². The molecular weight excluding hydrogens is 171 g/mol. The Balaban J connectivity index is 3.28. The monoisotopic (exact) mass is 176 g/mol. The van der Waals surface area contributed by atoms with Crippen molar-refractivity contribution >= 4 is 10.0 Å². The zero-order valence-corrected chi connectivity index (χ0v) is 6.18. The van der Waals surface area contributed by atoms with Gasteiger partial charge in [0.05, 0.1) is 4.90 Å². The van der Waals surface area contributed by atoms with E-state index in [0.29, 0.717) is 0 Å². The second-order valence-corrected chi connectivity index (χ2v) is 3.42. The van der Waals surface area contributed by atoms with Crippen LogP contribution in [0.15, 0.2) is 23.2 Å². The second-order valence-electron chi connectivity index (χ2n) is 1.86. The van der Waals surface area contributed by atoms with Gasteiger partial charge in [0.25, 0.3) is 0 Å². The van der Waals surface area contributed by atoms with Crippen molar-refractivity contribution in [1.29, 1.82) is 0 Å². The standard InChI is InChI=1S/C5H5FN2O2S/c6-5-3-4(1-2-8-5)11(7,9)10/h1-3H,(H2,7,9,10). The van der Waals surface area contributed by atoms with Crippen molar-refractivity contribution < 1.29 is 12.8 Å². The smallest absolute Gasteiger partial charge is 0.228 e. The molecule has 0 amide bonds. The number of sulfonamides is 1. The summed E-state index contributed by atoms with van der Waals surface area (Å²) in [4.78, 5) is 2.89. The van der Waals surface area contributed by atoms with E-state index < -0.39 is 16.0 Å². The number of nitrogens with zero attached hydrogens (tertiary/aromatic N) is 1. The van der Waals surface area contributed by atoms with E-state index in [-0.39, 0.29) is 4.90 Å². The van der Waals surface area contributed by atoms with Gasteiger partial charge < -0.3 is 0 Å². The normalized spacial score (nSPS) is 11.5. The Labute approximate surface area is 62.9 Å². The van der Waals surface area contributed by atoms with Crippen molar-refractivity contribution in [3.63, 3.8) is 0 Å². The van der Waals surface area contributed by atoms with Crippen molar-refractivity contribution in [1.82, 2.24) is 4.98 Å². The van der Waals surface area contributed by atoms with Gasteiger partial charge in [0, 0.05) is 12.3 Å². The predicted molar refractivity (Wildman–Crippen MR) is 35.6 cm³/mol. The maximum absolute atomic E-state index is 12.3. The molecular formula is C5H5FN2O2S. The van der Waals surface area contributed by atoms with Gasteiger partial charge in [0.2, 0.25) is 16.0 Å². The van der Waals surface area contributed by atoms with Crippen LogP contribution in [0.4, 0.5) is 4.39 Å². The second kappa shape index (κ2) is 2.55. The third-order valence-corrected chi connectivity index (χ3v) is 1.94. The Bertz CT molecular complexity index is 363. The molecule has 6 heteroatoms. The van der Waals surface area contributed by atoms with Crippen molar-refractivity contribution in [2.45, 2.75) is 4.90 Å². The topological polar surface area (TPSA) is 73.1 Å². The van der Waals surface area contributed by atoms with E-state index in [1.54, 1.807) is 0 Å². The minimum absolute atomic E-state index is 0.273. The Morgan fingerprint density at radius 1 is 1.55 bits per heavy atom. The molecule has 1 heterocycles. The number of halogens is 1. The number of hydrogen-bond donors (Lipinski definition) is 1. The van der Waals surface area contributed by atoms with Gasteiger partial charge in [0.15, 0.2) is 0 Å². The highest BCUT2D eigenvalue weighted by Crippen LogP contribution is 2.04. The summed E-state index contributed by atoms with van der Waals surface area (Å²) >= 11 is 0. The first-order valence-corrected chi connectivity index (χ1v) is 4.19. The van der Waals surface area contributed by atoms with Crippen LogP contribution in [0.5, 0.6) is 0 Å². The lowest BCUT2D eigenvalue weighted by Crippen LogP contribution is -2.12. The van der Waals surface area contributed by atoms with E-state index >= 15 is 0 Å². The van der Waals surface area contributed by atoms with Gasteiger partial charge in [-0.15, -0.1) is 0 Å². The van der Waals surface area contributed by atoms with Crippen LogP contribution in [-0.4, -0.2) is 13.4 Å². The summed E-state index contributed by atoms with van der Waals surface area (Å²) in [5, 5.41) is 4.70. The summed E-state index contributed by atoms with van der Waals surface area (Å²) in [5.41, 5.74) is 0. The first kappa shape index (κ1) is 8.09. The van der Waals surface area contributed by atoms with Gasteiger partial charge in [-0.25, -0.2) is 18.5 Å². The van der Waals surface area contributed by atoms with Crippen LogP contribution in [0.2, 0.25) is 0 Å². The van der Waals surface area contributed by atoms with Gasteiger partial charge in [-0.05, 0) is 6.07 Å². The Kier molecular flexibility index (Phi) is 1.88. The van der Waals surface area contributed by atoms with Crippen LogP contribution >= 0.6 is 0 Å². The number of nitrogens with two attached hydrogens (primary N) is 1. The number of primary sulfonamides is 1. The minimum atomic E-state index is -3.81. The highest BCUT2D eigenvalue weighted by Gasteiger charge is 2.07. The van der Waals surface area contributed by atoms with Crippen LogP contribution < -0.4 is 5.14 Å². The fraction of sp³-hybridized carbons (Fsp3) is 0. The van der Waals surface area contributed by atoms with Crippen molar-refractivity contribution in [2.75, 3.05) is 0 Å². The lowest BCUT2D eigenvalue weighted by atomic mass is 10.5. The zero-order valence-electron chi connectivity index (χ0n) is 5.36. The fourth-order valence-corrected chi connectivity index (χ4v) is 1.07. The molecule has 0 saturated heterocycles. The van der Waals surface area contributed by atoms with E-state index in [9.17, 15) is 12.8 Å². The number of aromatic nitrogens is 1. The highest BCUT2D eigenvalue weighted by molar-refractivity contribution is 7.89. The highest BCUT2D eigenvalue weighted by atomic mass is 32.2. The van der Waals surface area contributed by atoms with Crippen LogP contribution in [-0.2, 0) is 10.0 Å². The largest absolute Gasteiger partial charge is 0.238 e. The van der Waals surface area contributed by atoms with Gasteiger partial charge in [0.1, 0.15) is 0 Å². The Hall–Kier alpha value is -1.01. The molecule has 60 valence electrons. The maximum atomic E-state index is 12.3. The van der Waals surface area contributed by atoms with Gasteiger partial charge in [-0.3, -0.25) is 0 Å². The summed E-state index contributed by atoms with van der Waals surface area (Å²) in [5.74, 6) is -0.864. The predicted octanol–water partition coefficient (Wildman–Crippen LogP) is -0.132. The average molecular weight is 176 g/mol. The van der Waals surface area contributed by atoms with Crippen LogP contribution in [0.25, 0.3) is 0 Å². The number of hydrogen-bond acceptors (Lipinski definition) is 3. The molecule has 2 N–H and O–H groups in total. The lowest BCUT2D eigenvalue weighted by molar-refractivity contribution is 0.571. The summed E-state index contributed by atoms with van der Waals surface area (Å²) in [7, 11) is -3.81. The molecule has 0 unspecified atom stereocenters. The van der Waals surface area contributed by atoms with E-state index in [4.69, 9.17) is 5.14 Å². The molecule has 1 aromatic heterocycles. The van der Waals surface area contributed by atoms with E-state index in [0.717, 1.165) is 18.3 Å². The van der Waals surface area contributed by atoms with Crippen LogP contribution in [0.1, 0.15) is 0 Å². The van der Waals surface area contributed by atoms with Gasteiger partial charge in [-0.2, -0.15) is 4.39 Å². The van der Waals surface area contributed by atoms with Gasteiger partial charge in [-0.1, -0.05) is 0 Å². The van der Waals surface area contributed by atoms with E-state index in [1.165, 1.54) is 0 Å². The molecule has 0 atom stereocenters. The van der Waals surface area contributed by atoms with Crippen LogP contribution in [0.3, 0.4) is 0 Å². The molecule has 0 radical (unpaired) electrons. The molecule has 0 aliphatic carbocycles. The first-order valence-electron chi connectivity index (χ1n) is 2.64. The maximum Gasteiger partial charge on any atom is 0.238 e. The van der Waals surface area contributed by atoms with Crippen molar-refractivity contribution in [3.05, 3.63) is 24.3 Å². The Morgan fingerprint density at radius 2 is 2.18 bits per heavy atom. The number of rotatable bonds is 1. The van der Waals surface area contributed by atoms with Gasteiger partial charge >= 0.3 is 0 Å². The number of pyridine rings is 1. The molecule has 1 rings (SSSR count). The summed E-state index contributed by atoms with van der Waals surface area (Å²) in [6.07, 6.45) is 1.04. The first-order chi connectivity index (χ1) is 5.00. The van der Waals surface area contributed by atoms with Crippen molar-refractivity contribution in [3.8, 4) is 0 Å². The molecule has 0 aromatic carbocycles. The molecule has 0 aliphatic heterocycles. The average Bonchev–Trinajstić information content (AvgIpc) is 1.86. The quantitative estimate of drug-likeness (QED) is 0.605. The van der Waals surface area contributed by atoms with Crippen LogP contribution in [0, 0.1) is 5.95 Å². The summed E-state index contributed by atoms with van der Waals surface area (Å²) in [6, 6.07) is 1.88. The molecule has 0 fully saturated rings. The zero-order chi connectivity index (χ0) is 8.48. The fourth-order valence-electron chi connectivity index (χ4n) is 0.562. The van der Waals surface area contributed by atoms with E-state index in [2.05, 4.69) is 4.98 Å². The minimum Gasteiger partial charge on any atom is -0.228 e. The summed E-state index contributed by atoms with van der Waals surface area (Å²) in [6.45, 7) is 0. The molecule has 0 spiro atoms. The molecule has 0 saturated carbocycles. The SMILES string of the molecule is NS(=O)(=O)c1ccnc(F)c1. The molecule has 11 heavy (non-hydrogen) atoms. The lowest BCUT2D eigenvalue weighted by Gasteiger charge is -1.94. The summed E-state index contributed by atoms with van der Waals surface area (Å²) < 4.78 is 33.4. The third-order valence-electron chi connectivity index (χ3n) is 1.03. The molecule has 4 nitrogen and oxygen atoms in total.